The zero-order valence-corrected chi connectivity index (χ0v) is 18.0. The number of amides is 2. The lowest BCUT2D eigenvalue weighted by molar-refractivity contribution is -0.130. The topological polar surface area (TPSA) is 98.7 Å². The van der Waals surface area contributed by atoms with Crippen LogP contribution in [0, 0.1) is 0 Å². The summed E-state index contributed by atoms with van der Waals surface area (Å²) in [5.41, 5.74) is 5.94. The van der Waals surface area contributed by atoms with E-state index in [0.717, 1.165) is 0 Å². The van der Waals surface area contributed by atoms with Crippen LogP contribution in [-0.4, -0.2) is 29.6 Å². The normalized spacial score (nSPS) is 10.7. The maximum Gasteiger partial charge on any atom is 0.276 e. The number of nitrogens with zero attached hydrogens (tertiary/aromatic N) is 1. The molecule has 0 fully saturated rings. The van der Waals surface area contributed by atoms with Crippen LogP contribution >= 0.6 is 0 Å². The van der Waals surface area contributed by atoms with Crippen molar-refractivity contribution >= 4 is 33.6 Å². The molecule has 3 aromatic carbocycles. The Morgan fingerprint density at radius 1 is 0.758 bits per heavy atom. The van der Waals surface area contributed by atoms with E-state index in [1.807, 2.05) is 25.1 Å². The van der Waals surface area contributed by atoms with Crippen LogP contribution in [0.3, 0.4) is 0 Å². The van der Waals surface area contributed by atoms with Crippen molar-refractivity contribution < 1.29 is 19.1 Å². The lowest BCUT2D eigenvalue weighted by atomic mass is 10.1. The fourth-order valence-electron chi connectivity index (χ4n) is 3.59. The molecule has 0 bridgehead atoms. The molecule has 2 N–H and O–H groups in total. The minimum Gasteiger partial charge on any atom is -0.490 e. The average molecular weight is 445 g/mol. The van der Waals surface area contributed by atoms with Gasteiger partial charge in [-0.15, -0.1) is 0 Å². The van der Waals surface area contributed by atoms with Gasteiger partial charge in [-0.25, -0.2) is 0 Å². The minimum absolute atomic E-state index is 0.0874. The quantitative estimate of drug-likeness (QED) is 0.337. The van der Waals surface area contributed by atoms with Crippen molar-refractivity contribution in [3.8, 4) is 11.5 Å². The fraction of sp³-hybridized carbons (Fsp3) is 0.160. The predicted molar refractivity (Wildman–Crippen MR) is 125 cm³/mol. The second-order valence-electron chi connectivity index (χ2n) is 7.21. The zero-order chi connectivity index (χ0) is 23.2. The number of hydrogen-bond donors (Lipinski definition) is 2. The van der Waals surface area contributed by atoms with E-state index in [0.29, 0.717) is 39.9 Å². The molecule has 0 aliphatic carbocycles. The molecule has 1 aromatic heterocycles. The Morgan fingerprint density at radius 3 is 1.88 bits per heavy atom. The number of para-hydroxylation sites is 4. The van der Waals surface area contributed by atoms with Crippen molar-refractivity contribution in [3.63, 3.8) is 0 Å². The number of hydrazine groups is 1. The molecule has 0 atom stereocenters. The predicted octanol–water partition coefficient (Wildman–Crippen LogP) is 2.78. The van der Waals surface area contributed by atoms with Gasteiger partial charge in [-0.1, -0.05) is 36.4 Å². The average Bonchev–Trinajstić information content (AvgIpc) is 2.85. The molecule has 4 aromatic rings. The van der Waals surface area contributed by atoms with Gasteiger partial charge in [0.05, 0.1) is 17.6 Å². The monoisotopic (exact) mass is 445 g/mol. The Bertz CT molecular complexity index is 1320. The van der Waals surface area contributed by atoms with Gasteiger partial charge in [0, 0.05) is 10.8 Å². The Kier molecular flexibility index (Phi) is 6.54. The molecule has 2 amide bonds. The van der Waals surface area contributed by atoms with E-state index in [4.69, 9.17) is 9.47 Å². The molecule has 1 heterocycles. The number of fused-ring (bicyclic) bond motifs is 2. The summed E-state index contributed by atoms with van der Waals surface area (Å²) in [5.74, 6) is 0.00197. The molecule has 0 radical (unpaired) electrons. The van der Waals surface area contributed by atoms with Crippen LogP contribution in [0.2, 0.25) is 0 Å². The molecule has 0 aliphatic heterocycles. The highest BCUT2D eigenvalue weighted by atomic mass is 16.5. The molecule has 0 saturated heterocycles. The summed E-state index contributed by atoms with van der Waals surface area (Å²) < 4.78 is 12.7. The lowest BCUT2D eigenvalue weighted by Gasteiger charge is -2.15. The summed E-state index contributed by atoms with van der Waals surface area (Å²) in [4.78, 5) is 37.6. The molecule has 8 nitrogen and oxygen atoms in total. The SMILES string of the molecule is CCOc1ccccc1OCC(=O)NNC(=O)Cn1c2ccccc2c(=O)c2ccccc21. The van der Waals surface area contributed by atoms with Crippen molar-refractivity contribution in [1.29, 1.82) is 0 Å². The van der Waals surface area contributed by atoms with E-state index >= 15 is 0 Å². The zero-order valence-electron chi connectivity index (χ0n) is 18.0. The first-order chi connectivity index (χ1) is 16.1. The third-order valence-corrected chi connectivity index (χ3v) is 5.03. The van der Waals surface area contributed by atoms with E-state index in [1.54, 1.807) is 59.2 Å². The van der Waals surface area contributed by atoms with E-state index in [-0.39, 0.29) is 18.6 Å². The number of nitrogens with one attached hydrogen (secondary N) is 2. The van der Waals surface area contributed by atoms with Gasteiger partial charge in [-0.05, 0) is 43.3 Å². The summed E-state index contributed by atoms with van der Waals surface area (Å²) in [5, 5.41) is 1.05. The number of pyridine rings is 1. The van der Waals surface area contributed by atoms with Crippen LogP contribution < -0.4 is 25.8 Å². The highest BCUT2D eigenvalue weighted by Gasteiger charge is 2.14. The van der Waals surface area contributed by atoms with Crippen LogP contribution in [0.15, 0.2) is 77.6 Å². The standard InChI is InChI=1S/C25H23N3O5/c1-2-32-21-13-7-8-14-22(21)33-16-24(30)27-26-23(29)15-28-19-11-5-3-9-17(19)25(31)18-10-4-6-12-20(18)28/h3-14H,2,15-16H2,1H3,(H,26,29)(H,27,30). The molecular formula is C25H23N3O5. The molecule has 8 heteroatoms. The van der Waals surface area contributed by atoms with Crippen LogP contribution in [-0.2, 0) is 16.1 Å². The number of carbonyl (C=O) groups excluding carboxylic acids is 2. The summed E-state index contributed by atoms with van der Waals surface area (Å²) in [6.07, 6.45) is 0. The smallest absolute Gasteiger partial charge is 0.276 e. The van der Waals surface area contributed by atoms with Crippen molar-refractivity contribution in [2.45, 2.75) is 13.5 Å². The number of aromatic nitrogens is 1. The maximum absolute atomic E-state index is 12.8. The Hall–Kier alpha value is -4.33. The maximum atomic E-state index is 12.8. The number of carbonyl (C=O) groups is 2. The Balaban J connectivity index is 1.44. The van der Waals surface area contributed by atoms with Gasteiger partial charge in [0.25, 0.3) is 11.8 Å². The number of hydrogen-bond acceptors (Lipinski definition) is 5. The highest BCUT2D eigenvalue weighted by Crippen LogP contribution is 2.26. The summed E-state index contributed by atoms with van der Waals surface area (Å²) in [6.45, 7) is 1.94. The first kappa shape index (κ1) is 21.9. The third kappa shape index (κ3) is 4.79. The van der Waals surface area contributed by atoms with Gasteiger partial charge in [0.2, 0.25) is 0 Å². The van der Waals surface area contributed by atoms with Gasteiger partial charge in [0.1, 0.15) is 6.54 Å². The first-order valence-electron chi connectivity index (χ1n) is 10.5. The van der Waals surface area contributed by atoms with Crippen LogP contribution in [0.1, 0.15) is 6.92 Å². The third-order valence-electron chi connectivity index (χ3n) is 5.03. The summed E-state index contributed by atoms with van der Waals surface area (Å²) in [7, 11) is 0. The second-order valence-corrected chi connectivity index (χ2v) is 7.21. The minimum atomic E-state index is -0.524. The van der Waals surface area contributed by atoms with Gasteiger partial charge in [0.15, 0.2) is 23.5 Å². The van der Waals surface area contributed by atoms with Crippen molar-refractivity contribution in [3.05, 3.63) is 83.0 Å². The number of benzene rings is 3. The van der Waals surface area contributed by atoms with E-state index in [9.17, 15) is 14.4 Å². The van der Waals surface area contributed by atoms with E-state index < -0.39 is 11.8 Å². The number of rotatable bonds is 7. The Morgan fingerprint density at radius 2 is 1.27 bits per heavy atom. The first-order valence-corrected chi connectivity index (χ1v) is 10.5. The van der Waals surface area contributed by atoms with Crippen LogP contribution in [0.5, 0.6) is 11.5 Å². The molecule has 4 rings (SSSR count). The van der Waals surface area contributed by atoms with E-state index in [2.05, 4.69) is 10.9 Å². The van der Waals surface area contributed by atoms with Crippen molar-refractivity contribution in [2.24, 2.45) is 0 Å². The fourth-order valence-corrected chi connectivity index (χ4v) is 3.59. The second kappa shape index (κ2) is 9.86. The van der Waals surface area contributed by atoms with Gasteiger partial charge >= 0.3 is 0 Å². The van der Waals surface area contributed by atoms with E-state index in [1.165, 1.54) is 0 Å². The summed E-state index contributed by atoms with van der Waals surface area (Å²) in [6, 6.07) is 21.3. The van der Waals surface area contributed by atoms with Gasteiger partial charge in [-0.3, -0.25) is 25.2 Å². The van der Waals surface area contributed by atoms with Crippen molar-refractivity contribution in [1.82, 2.24) is 15.4 Å². The lowest BCUT2D eigenvalue weighted by Crippen LogP contribution is -2.45. The molecule has 0 aliphatic rings. The summed E-state index contributed by atoms with van der Waals surface area (Å²) >= 11 is 0. The molecule has 0 saturated carbocycles. The van der Waals surface area contributed by atoms with Crippen LogP contribution in [0.4, 0.5) is 0 Å². The molecular weight excluding hydrogens is 422 g/mol. The van der Waals surface area contributed by atoms with Crippen molar-refractivity contribution in [2.75, 3.05) is 13.2 Å². The number of ether oxygens (including phenoxy) is 2. The van der Waals surface area contributed by atoms with Crippen LogP contribution in [0.25, 0.3) is 21.8 Å². The molecule has 0 spiro atoms. The van der Waals surface area contributed by atoms with Gasteiger partial charge in [-0.2, -0.15) is 0 Å². The van der Waals surface area contributed by atoms with Gasteiger partial charge < -0.3 is 14.0 Å². The molecule has 0 unspecified atom stereocenters. The molecule has 33 heavy (non-hydrogen) atoms. The highest BCUT2D eigenvalue weighted by molar-refractivity contribution is 5.95. The largest absolute Gasteiger partial charge is 0.490 e. The Labute approximate surface area is 189 Å². The molecule has 168 valence electrons.